The zero-order valence-electron chi connectivity index (χ0n) is 8.78. The van der Waals surface area contributed by atoms with Crippen LogP contribution in [0.4, 0.5) is 0 Å². The zero-order valence-corrected chi connectivity index (χ0v) is 8.78. The molecule has 0 amide bonds. The van der Waals surface area contributed by atoms with E-state index in [4.69, 9.17) is 19.3 Å². The first-order valence-electron chi connectivity index (χ1n) is 5.47. The molecule has 16 heavy (non-hydrogen) atoms. The average Bonchev–Trinajstić information content (AvgIpc) is 2.89. The molecule has 0 radical (unpaired) electrons. The van der Waals surface area contributed by atoms with Crippen molar-refractivity contribution in [2.24, 2.45) is 5.92 Å². The lowest BCUT2D eigenvalue weighted by Crippen LogP contribution is -2.25. The van der Waals surface area contributed by atoms with Crippen molar-refractivity contribution < 1.29 is 19.3 Å². The van der Waals surface area contributed by atoms with E-state index in [0.717, 1.165) is 5.56 Å². The average molecular weight is 222 g/mol. The van der Waals surface area contributed by atoms with Crippen molar-refractivity contribution in [2.75, 3.05) is 13.2 Å². The Morgan fingerprint density at radius 2 is 2.00 bits per heavy atom. The molecule has 1 aromatic rings. The van der Waals surface area contributed by atoms with Crippen LogP contribution in [0.5, 0.6) is 0 Å². The van der Waals surface area contributed by atoms with Gasteiger partial charge in [0.15, 0.2) is 12.6 Å². The van der Waals surface area contributed by atoms with Crippen LogP contribution in [0, 0.1) is 5.92 Å². The summed E-state index contributed by atoms with van der Waals surface area (Å²) >= 11 is 0. The van der Waals surface area contributed by atoms with Crippen LogP contribution in [-0.2, 0) is 14.2 Å². The van der Waals surface area contributed by atoms with Crippen molar-refractivity contribution in [3.63, 3.8) is 0 Å². The number of aliphatic hydroxyl groups excluding tert-OH is 1. The molecular weight excluding hydrogens is 208 g/mol. The monoisotopic (exact) mass is 222 g/mol. The number of rotatable bonds is 2. The van der Waals surface area contributed by atoms with Crippen LogP contribution in [0.1, 0.15) is 11.9 Å². The van der Waals surface area contributed by atoms with Gasteiger partial charge in [0.2, 0.25) is 0 Å². The topological polar surface area (TPSA) is 47.9 Å². The molecule has 0 aliphatic carbocycles. The normalized spacial score (nSPS) is 37.6. The molecule has 4 nitrogen and oxygen atoms in total. The molecule has 86 valence electrons. The molecule has 2 aliphatic rings. The van der Waals surface area contributed by atoms with Crippen molar-refractivity contribution in [3.8, 4) is 0 Å². The van der Waals surface area contributed by atoms with Gasteiger partial charge in [-0.2, -0.15) is 0 Å². The summed E-state index contributed by atoms with van der Waals surface area (Å²) in [5, 5.41) is 9.15. The van der Waals surface area contributed by atoms with Crippen LogP contribution in [0.2, 0.25) is 0 Å². The van der Waals surface area contributed by atoms with Crippen LogP contribution in [0.15, 0.2) is 30.3 Å². The third-order valence-corrected chi connectivity index (χ3v) is 3.05. The van der Waals surface area contributed by atoms with Crippen LogP contribution in [0.25, 0.3) is 0 Å². The summed E-state index contributed by atoms with van der Waals surface area (Å²) in [5.41, 5.74) is 0.984. The van der Waals surface area contributed by atoms with Gasteiger partial charge in [0.1, 0.15) is 6.10 Å². The van der Waals surface area contributed by atoms with Gasteiger partial charge in [0.25, 0.3) is 0 Å². The van der Waals surface area contributed by atoms with Gasteiger partial charge in [-0.15, -0.1) is 0 Å². The summed E-state index contributed by atoms with van der Waals surface area (Å²) < 4.78 is 16.8. The molecule has 2 saturated heterocycles. The molecule has 1 aromatic carbocycles. The van der Waals surface area contributed by atoms with Crippen molar-refractivity contribution >= 4 is 0 Å². The number of ether oxygens (including phenoxy) is 3. The number of hydrogen-bond donors (Lipinski definition) is 1. The van der Waals surface area contributed by atoms with E-state index >= 15 is 0 Å². The largest absolute Gasteiger partial charge is 0.396 e. The number of fused-ring (bicyclic) bond motifs is 1. The number of benzene rings is 1. The molecule has 2 unspecified atom stereocenters. The van der Waals surface area contributed by atoms with Crippen LogP contribution < -0.4 is 0 Å². The Hall–Kier alpha value is -0.940. The highest BCUT2D eigenvalue weighted by molar-refractivity contribution is 5.16. The summed E-state index contributed by atoms with van der Waals surface area (Å²) in [5.74, 6) is 0.0266. The van der Waals surface area contributed by atoms with Gasteiger partial charge >= 0.3 is 0 Å². The van der Waals surface area contributed by atoms with E-state index in [1.165, 1.54) is 0 Å². The zero-order chi connectivity index (χ0) is 11.0. The van der Waals surface area contributed by atoms with E-state index in [2.05, 4.69) is 0 Å². The molecule has 0 spiro atoms. The second-order valence-corrected chi connectivity index (χ2v) is 4.12. The molecule has 4 atom stereocenters. The van der Waals surface area contributed by atoms with Gasteiger partial charge in [-0.05, 0) is 0 Å². The Kier molecular flexibility index (Phi) is 2.65. The number of aliphatic hydroxyl groups is 1. The van der Waals surface area contributed by atoms with Gasteiger partial charge in [-0.1, -0.05) is 30.3 Å². The van der Waals surface area contributed by atoms with Crippen LogP contribution in [0.3, 0.4) is 0 Å². The fraction of sp³-hybridized carbons (Fsp3) is 0.500. The summed E-state index contributed by atoms with van der Waals surface area (Å²) in [4.78, 5) is 0. The van der Waals surface area contributed by atoms with Crippen molar-refractivity contribution in [1.29, 1.82) is 0 Å². The Morgan fingerprint density at radius 3 is 2.75 bits per heavy atom. The Bertz CT molecular complexity index is 353. The Balaban J connectivity index is 1.74. The predicted octanol–water partition coefficient (Wildman–Crippen LogP) is 1.07. The van der Waals surface area contributed by atoms with Crippen molar-refractivity contribution in [3.05, 3.63) is 35.9 Å². The quantitative estimate of drug-likeness (QED) is 0.813. The fourth-order valence-electron chi connectivity index (χ4n) is 2.14. The van der Waals surface area contributed by atoms with E-state index in [9.17, 15) is 0 Å². The van der Waals surface area contributed by atoms with E-state index in [1.807, 2.05) is 30.3 Å². The van der Waals surface area contributed by atoms with Crippen molar-refractivity contribution in [1.82, 2.24) is 0 Å². The van der Waals surface area contributed by atoms with Gasteiger partial charge in [-0.3, -0.25) is 0 Å². The van der Waals surface area contributed by atoms with Crippen molar-refractivity contribution in [2.45, 2.75) is 18.7 Å². The first-order chi connectivity index (χ1) is 7.88. The maximum absolute atomic E-state index is 9.15. The molecule has 0 saturated carbocycles. The molecule has 2 fully saturated rings. The summed E-state index contributed by atoms with van der Waals surface area (Å²) in [7, 11) is 0. The summed E-state index contributed by atoms with van der Waals surface area (Å²) in [6, 6.07) is 9.76. The van der Waals surface area contributed by atoms with Gasteiger partial charge in [0.05, 0.1) is 13.2 Å². The van der Waals surface area contributed by atoms with E-state index < -0.39 is 0 Å². The summed E-state index contributed by atoms with van der Waals surface area (Å²) in [6.07, 6.45) is -0.844. The SMILES string of the molecule is OC[C@H]1CO[C@@H]2OC(c3ccccc3)OC12. The van der Waals surface area contributed by atoms with E-state index in [1.54, 1.807) is 0 Å². The standard InChI is InChI=1S/C12H14O4/c13-6-9-7-14-12-10(9)15-11(16-12)8-4-2-1-3-5-8/h1-5,9-13H,6-7H2/t9-,10?,11?,12+/m0/s1. The van der Waals surface area contributed by atoms with Gasteiger partial charge < -0.3 is 19.3 Å². The maximum Gasteiger partial charge on any atom is 0.187 e. The fourth-order valence-corrected chi connectivity index (χ4v) is 2.14. The first-order valence-corrected chi connectivity index (χ1v) is 5.47. The lowest BCUT2D eigenvalue weighted by atomic mass is 10.1. The predicted molar refractivity (Wildman–Crippen MR) is 55.5 cm³/mol. The second-order valence-electron chi connectivity index (χ2n) is 4.12. The smallest absolute Gasteiger partial charge is 0.187 e. The number of hydrogen-bond acceptors (Lipinski definition) is 4. The lowest BCUT2D eigenvalue weighted by molar-refractivity contribution is -0.145. The second kappa shape index (κ2) is 4.14. The minimum atomic E-state index is -0.370. The highest BCUT2D eigenvalue weighted by atomic mass is 16.8. The summed E-state index contributed by atoms with van der Waals surface area (Å²) in [6.45, 7) is 0.583. The minimum absolute atomic E-state index is 0.0266. The molecule has 0 bridgehead atoms. The molecular formula is C12H14O4. The third kappa shape index (κ3) is 1.64. The van der Waals surface area contributed by atoms with Crippen LogP contribution >= 0.6 is 0 Å². The third-order valence-electron chi connectivity index (χ3n) is 3.05. The Morgan fingerprint density at radius 1 is 1.19 bits per heavy atom. The minimum Gasteiger partial charge on any atom is -0.396 e. The molecule has 2 heterocycles. The molecule has 4 heteroatoms. The molecule has 3 rings (SSSR count). The first kappa shape index (κ1) is 10.2. The van der Waals surface area contributed by atoms with E-state index in [0.29, 0.717) is 6.61 Å². The van der Waals surface area contributed by atoms with E-state index in [-0.39, 0.29) is 31.2 Å². The lowest BCUT2D eigenvalue weighted by Gasteiger charge is -2.14. The highest BCUT2D eigenvalue weighted by Gasteiger charge is 2.46. The molecule has 0 aromatic heterocycles. The molecule has 1 N–H and O–H groups in total. The maximum atomic E-state index is 9.15. The highest BCUT2D eigenvalue weighted by Crippen LogP contribution is 2.38. The van der Waals surface area contributed by atoms with Gasteiger partial charge in [0, 0.05) is 11.5 Å². The molecule has 2 aliphatic heterocycles. The van der Waals surface area contributed by atoms with Crippen LogP contribution in [-0.4, -0.2) is 30.7 Å². The van der Waals surface area contributed by atoms with Gasteiger partial charge in [-0.25, -0.2) is 0 Å². The Labute approximate surface area is 93.7 Å².